The van der Waals surface area contributed by atoms with Crippen LogP contribution >= 0.6 is 0 Å². The van der Waals surface area contributed by atoms with Gasteiger partial charge in [-0.15, -0.1) is 0 Å². The minimum absolute atomic E-state index is 0.125. The summed E-state index contributed by atoms with van der Waals surface area (Å²) in [6, 6.07) is 0. The molecule has 0 saturated heterocycles. The van der Waals surface area contributed by atoms with E-state index in [9.17, 15) is 5.11 Å². The first-order valence-corrected chi connectivity index (χ1v) is 7.83. The van der Waals surface area contributed by atoms with E-state index in [0.29, 0.717) is 6.61 Å². The highest BCUT2D eigenvalue weighted by Crippen LogP contribution is 2.07. The fourth-order valence-electron chi connectivity index (χ4n) is 1.91. The monoisotopic (exact) mass is 256 g/mol. The van der Waals surface area contributed by atoms with Gasteiger partial charge in [-0.05, 0) is 25.3 Å². The number of aliphatic hydroxyl groups is 1. The normalized spacial score (nSPS) is 11.8. The topological polar surface area (TPSA) is 29.5 Å². The molecular weight excluding hydrogens is 224 g/mol. The third kappa shape index (κ3) is 13.4. The highest BCUT2D eigenvalue weighted by molar-refractivity contribution is 4.81. The van der Waals surface area contributed by atoms with Gasteiger partial charge in [0.15, 0.2) is 0 Å². The van der Waals surface area contributed by atoms with Gasteiger partial charge in [-0.1, -0.05) is 65.2 Å². The van der Waals surface area contributed by atoms with Crippen molar-refractivity contribution in [3.05, 3.63) is 12.0 Å². The van der Waals surface area contributed by atoms with E-state index >= 15 is 0 Å². The fraction of sp³-hybridized carbons (Fsp3) is 0.875. The molecule has 0 saturated carbocycles. The number of ether oxygens (including phenoxy) is 1. The number of hydrogen-bond acceptors (Lipinski definition) is 2. The molecule has 0 aromatic heterocycles. The molecule has 0 aliphatic carbocycles. The molecule has 0 atom stereocenters. The second-order valence-corrected chi connectivity index (χ2v) is 5.01. The first-order valence-electron chi connectivity index (χ1n) is 7.83. The van der Waals surface area contributed by atoms with Crippen molar-refractivity contribution in [3.8, 4) is 0 Å². The standard InChI is InChI=1S/C16H32O2/c1-3-5-7-9-11-13-15-18-16(17)14-12-10-8-6-4-2/h14,17H,3-13,15H2,1-2H3. The van der Waals surface area contributed by atoms with E-state index in [2.05, 4.69) is 13.8 Å². The van der Waals surface area contributed by atoms with E-state index in [4.69, 9.17) is 4.74 Å². The summed E-state index contributed by atoms with van der Waals surface area (Å²) in [6.07, 6.45) is 15.2. The molecule has 0 amide bonds. The van der Waals surface area contributed by atoms with E-state index in [1.807, 2.05) is 6.08 Å². The van der Waals surface area contributed by atoms with Crippen LogP contribution in [0.5, 0.6) is 0 Å². The summed E-state index contributed by atoms with van der Waals surface area (Å²) in [4.78, 5) is 0. The molecule has 0 aliphatic heterocycles. The van der Waals surface area contributed by atoms with Crippen LogP contribution in [0.3, 0.4) is 0 Å². The Labute approximate surface area is 113 Å². The lowest BCUT2D eigenvalue weighted by Crippen LogP contribution is -1.94. The highest BCUT2D eigenvalue weighted by Gasteiger charge is 1.95. The third-order valence-corrected chi connectivity index (χ3v) is 3.12. The highest BCUT2D eigenvalue weighted by atomic mass is 16.6. The molecule has 18 heavy (non-hydrogen) atoms. The molecule has 0 aliphatic rings. The Morgan fingerprint density at radius 3 is 2.06 bits per heavy atom. The molecule has 0 unspecified atom stereocenters. The maximum Gasteiger partial charge on any atom is 0.272 e. The van der Waals surface area contributed by atoms with Gasteiger partial charge in [0.1, 0.15) is 0 Å². The van der Waals surface area contributed by atoms with Crippen LogP contribution in [0, 0.1) is 0 Å². The molecular formula is C16H32O2. The Morgan fingerprint density at radius 1 is 0.833 bits per heavy atom. The summed E-state index contributed by atoms with van der Waals surface area (Å²) in [5.41, 5.74) is 0. The second-order valence-electron chi connectivity index (χ2n) is 5.01. The Morgan fingerprint density at radius 2 is 1.39 bits per heavy atom. The number of hydrogen-bond donors (Lipinski definition) is 1. The minimum atomic E-state index is 0.125. The zero-order chi connectivity index (χ0) is 13.5. The fourth-order valence-corrected chi connectivity index (χ4v) is 1.91. The summed E-state index contributed by atoms with van der Waals surface area (Å²) in [5, 5.41) is 9.49. The minimum Gasteiger partial charge on any atom is -0.481 e. The molecule has 2 nitrogen and oxygen atoms in total. The summed E-state index contributed by atoms with van der Waals surface area (Å²) in [6.45, 7) is 5.09. The van der Waals surface area contributed by atoms with Crippen LogP contribution in [-0.4, -0.2) is 11.7 Å². The van der Waals surface area contributed by atoms with E-state index in [1.54, 1.807) is 0 Å². The van der Waals surface area contributed by atoms with Gasteiger partial charge in [0, 0.05) is 0 Å². The molecule has 1 N–H and O–H groups in total. The zero-order valence-electron chi connectivity index (χ0n) is 12.4. The van der Waals surface area contributed by atoms with Gasteiger partial charge in [0.05, 0.1) is 6.61 Å². The second kappa shape index (κ2) is 14.4. The molecule has 0 fully saturated rings. The Kier molecular flexibility index (Phi) is 13.9. The van der Waals surface area contributed by atoms with Crippen LogP contribution < -0.4 is 0 Å². The number of unbranched alkanes of at least 4 members (excludes halogenated alkanes) is 9. The summed E-state index contributed by atoms with van der Waals surface area (Å²) in [5.74, 6) is 0.125. The predicted molar refractivity (Wildman–Crippen MR) is 78.8 cm³/mol. The van der Waals surface area contributed by atoms with Crippen LogP contribution in [0.25, 0.3) is 0 Å². The van der Waals surface area contributed by atoms with E-state index in [1.165, 1.54) is 51.4 Å². The molecule has 0 spiro atoms. The maximum absolute atomic E-state index is 9.49. The maximum atomic E-state index is 9.49. The number of rotatable bonds is 13. The van der Waals surface area contributed by atoms with Crippen molar-refractivity contribution in [3.63, 3.8) is 0 Å². The molecule has 0 rings (SSSR count). The molecule has 108 valence electrons. The average Bonchev–Trinajstić information content (AvgIpc) is 2.37. The first kappa shape index (κ1) is 17.3. The zero-order valence-corrected chi connectivity index (χ0v) is 12.4. The Hall–Kier alpha value is -0.660. The van der Waals surface area contributed by atoms with Crippen LogP contribution in [0.1, 0.15) is 84.5 Å². The molecule has 2 heteroatoms. The van der Waals surface area contributed by atoms with Gasteiger partial charge in [-0.2, -0.15) is 0 Å². The van der Waals surface area contributed by atoms with Crippen molar-refractivity contribution in [2.24, 2.45) is 0 Å². The molecule has 0 radical (unpaired) electrons. The van der Waals surface area contributed by atoms with E-state index in [-0.39, 0.29) is 5.95 Å². The van der Waals surface area contributed by atoms with Crippen molar-refractivity contribution in [1.29, 1.82) is 0 Å². The lowest BCUT2D eigenvalue weighted by molar-refractivity contribution is 0.0891. The molecule has 0 bridgehead atoms. The largest absolute Gasteiger partial charge is 0.481 e. The number of aliphatic hydroxyl groups excluding tert-OH is 1. The van der Waals surface area contributed by atoms with Gasteiger partial charge in [-0.3, -0.25) is 0 Å². The average molecular weight is 256 g/mol. The van der Waals surface area contributed by atoms with Gasteiger partial charge in [0.25, 0.3) is 5.95 Å². The van der Waals surface area contributed by atoms with Crippen molar-refractivity contribution in [2.45, 2.75) is 84.5 Å². The first-order chi connectivity index (χ1) is 8.81. The lowest BCUT2D eigenvalue weighted by Gasteiger charge is -2.04. The van der Waals surface area contributed by atoms with Crippen LogP contribution in [0.4, 0.5) is 0 Å². The Bertz CT molecular complexity index is 188. The quantitative estimate of drug-likeness (QED) is 0.336. The molecule has 0 aromatic carbocycles. The third-order valence-electron chi connectivity index (χ3n) is 3.12. The van der Waals surface area contributed by atoms with E-state index < -0.39 is 0 Å². The predicted octanol–water partition coefficient (Wildman–Crippen LogP) is 5.73. The lowest BCUT2D eigenvalue weighted by atomic mass is 10.1. The summed E-state index contributed by atoms with van der Waals surface area (Å²) in [7, 11) is 0. The smallest absolute Gasteiger partial charge is 0.272 e. The molecule has 0 aromatic rings. The van der Waals surface area contributed by atoms with Crippen LogP contribution in [0.15, 0.2) is 12.0 Å². The SMILES string of the molecule is CCCCCCC=C(O)OCCCCCCCC. The molecule has 0 heterocycles. The number of allylic oxidation sites excluding steroid dienone is 1. The summed E-state index contributed by atoms with van der Waals surface area (Å²) < 4.78 is 5.27. The van der Waals surface area contributed by atoms with Gasteiger partial charge < -0.3 is 9.84 Å². The van der Waals surface area contributed by atoms with Gasteiger partial charge in [-0.25, -0.2) is 0 Å². The van der Waals surface area contributed by atoms with Crippen molar-refractivity contribution >= 4 is 0 Å². The van der Waals surface area contributed by atoms with Crippen molar-refractivity contribution < 1.29 is 9.84 Å². The van der Waals surface area contributed by atoms with Crippen LogP contribution in [-0.2, 0) is 4.74 Å². The van der Waals surface area contributed by atoms with Crippen molar-refractivity contribution in [1.82, 2.24) is 0 Å². The van der Waals surface area contributed by atoms with E-state index in [0.717, 1.165) is 19.3 Å². The summed E-state index contributed by atoms with van der Waals surface area (Å²) >= 11 is 0. The van der Waals surface area contributed by atoms with Gasteiger partial charge in [0.2, 0.25) is 0 Å². The van der Waals surface area contributed by atoms with Crippen molar-refractivity contribution in [2.75, 3.05) is 6.61 Å². The Balaban J connectivity index is 3.24. The van der Waals surface area contributed by atoms with Gasteiger partial charge >= 0.3 is 0 Å². The van der Waals surface area contributed by atoms with Crippen LogP contribution in [0.2, 0.25) is 0 Å².